The topological polar surface area (TPSA) is 45.7 Å². The number of thioether (sulfide) groups is 1. The van der Waals surface area contributed by atoms with Crippen LogP contribution in [0, 0.1) is 6.92 Å². The van der Waals surface area contributed by atoms with E-state index >= 15 is 0 Å². The van der Waals surface area contributed by atoms with Crippen LogP contribution in [0.3, 0.4) is 0 Å². The van der Waals surface area contributed by atoms with Crippen LogP contribution >= 0.6 is 23.1 Å². The second kappa shape index (κ2) is 10.1. The fourth-order valence-corrected chi connectivity index (χ4v) is 4.72. The lowest BCUT2D eigenvalue weighted by molar-refractivity contribution is -0.116. The summed E-state index contributed by atoms with van der Waals surface area (Å²) in [5, 5.41) is 0.734. The Balaban J connectivity index is 1.79. The normalized spacial score (nSPS) is 11.2. The van der Waals surface area contributed by atoms with Gasteiger partial charge in [0.25, 0.3) is 0 Å². The molecule has 0 bridgehead atoms. The standard InChI is InChI=1S/C22H27N3O2S2/c1-16-9-11-17(12-10-16)28-15-20(26)25(14-6-13-24(2)3)22-23-21-18(27-4)7-5-8-19(21)29-22/h5,7-12H,6,13-15H2,1-4H3. The highest BCUT2D eigenvalue weighted by Gasteiger charge is 2.21. The minimum absolute atomic E-state index is 0.0763. The van der Waals surface area contributed by atoms with Crippen molar-refractivity contribution in [2.45, 2.75) is 18.2 Å². The first-order chi connectivity index (χ1) is 14.0. The number of aromatic nitrogens is 1. The molecule has 1 aromatic heterocycles. The van der Waals surface area contributed by atoms with Crippen molar-refractivity contribution in [3.8, 4) is 5.75 Å². The van der Waals surface area contributed by atoms with Crippen molar-refractivity contribution in [2.24, 2.45) is 0 Å². The number of carbonyl (C=O) groups excluding carboxylic acids is 1. The lowest BCUT2D eigenvalue weighted by Gasteiger charge is -2.21. The quantitative estimate of drug-likeness (QED) is 0.462. The van der Waals surface area contributed by atoms with E-state index in [4.69, 9.17) is 9.72 Å². The Morgan fingerprint density at radius 3 is 2.59 bits per heavy atom. The Kier molecular flexibility index (Phi) is 7.52. The number of ether oxygens (including phenoxy) is 1. The van der Waals surface area contributed by atoms with E-state index in [0.29, 0.717) is 12.3 Å². The Hall–Kier alpha value is -2.09. The first kappa shape index (κ1) is 21.6. The van der Waals surface area contributed by atoms with E-state index in [-0.39, 0.29) is 5.91 Å². The molecule has 5 nitrogen and oxygen atoms in total. The molecule has 3 aromatic rings. The lowest BCUT2D eigenvalue weighted by Crippen LogP contribution is -2.34. The number of carbonyl (C=O) groups is 1. The number of benzene rings is 2. The van der Waals surface area contributed by atoms with E-state index in [1.165, 1.54) is 16.9 Å². The van der Waals surface area contributed by atoms with Crippen molar-refractivity contribution in [1.82, 2.24) is 9.88 Å². The van der Waals surface area contributed by atoms with Gasteiger partial charge in [0, 0.05) is 11.4 Å². The van der Waals surface area contributed by atoms with Crippen LogP contribution in [0.15, 0.2) is 47.4 Å². The van der Waals surface area contributed by atoms with E-state index in [1.54, 1.807) is 18.9 Å². The SMILES string of the molecule is COc1cccc2sc(N(CCCN(C)C)C(=O)CSc3ccc(C)cc3)nc12. The number of fused-ring (bicyclic) bond motifs is 1. The van der Waals surface area contributed by atoms with Crippen molar-refractivity contribution in [3.05, 3.63) is 48.0 Å². The predicted octanol–water partition coefficient (Wildman–Crippen LogP) is 4.69. The minimum atomic E-state index is 0.0763. The van der Waals surface area contributed by atoms with Crippen LogP contribution in [-0.4, -0.2) is 55.8 Å². The molecule has 0 saturated heterocycles. The number of amides is 1. The van der Waals surface area contributed by atoms with Crippen LogP contribution in [0.25, 0.3) is 10.2 Å². The lowest BCUT2D eigenvalue weighted by atomic mass is 10.2. The fourth-order valence-electron chi connectivity index (χ4n) is 2.92. The van der Waals surface area contributed by atoms with Crippen molar-refractivity contribution in [2.75, 3.05) is 44.9 Å². The predicted molar refractivity (Wildman–Crippen MR) is 124 cm³/mol. The third kappa shape index (κ3) is 5.72. The van der Waals surface area contributed by atoms with E-state index < -0.39 is 0 Å². The molecule has 0 atom stereocenters. The summed E-state index contributed by atoms with van der Waals surface area (Å²) in [4.78, 5) is 22.9. The van der Waals surface area contributed by atoms with E-state index in [1.807, 2.05) is 37.2 Å². The molecule has 0 saturated carbocycles. The number of para-hydroxylation sites is 1. The van der Waals surface area contributed by atoms with Gasteiger partial charge in [-0.05, 0) is 58.3 Å². The third-order valence-electron chi connectivity index (χ3n) is 4.49. The fraction of sp³-hybridized carbons (Fsp3) is 0.364. The largest absolute Gasteiger partial charge is 0.494 e. The monoisotopic (exact) mass is 429 g/mol. The van der Waals surface area contributed by atoms with Crippen LogP contribution < -0.4 is 9.64 Å². The molecule has 0 radical (unpaired) electrons. The molecule has 0 N–H and O–H groups in total. The summed E-state index contributed by atoms with van der Waals surface area (Å²) in [7, 11) is 5.73. The van der Waals surface area contributed by atoms with Crippen molar-refractivity contribution in [3.63, 3.8) is 0 Å². The molecule has 0 aliphatic rings. The molecule has 2 aromatic carbocycles. The smallest absolute Gasteiger partial charge is 0.239 e. The second-order valence-electron chi connectivity index (χ2n) is 7.11. The Bertz CT molecular complexity index is 954. The van der Waals surface area contributed by atoms with Crippen LogP contribution in [0.1, 0.15) is 12.0 Å². The first-order valence-corrected chi connectivity index (χ1v) is 11.4. The molecule has 0 aliphatic carbocycles. The highest BCUT2D eigenvalue weighted by Crippen LogP contribution is 2.34. The van der Waals surface area contributed by atoms with Crippen molar-refractivity contribution in [1.29, 1.82) is 0 Å². The molecule has 3 rings (SSSR count). The number of hydrogen-bond acceptors (Lipinski definition) is 6. The Morgan fingerprint density at radius 1 is 1.14 bits per heavy atom. The molecule has 1 amide bonds. The van der Waals surface area contributed by atoms with Gasteiger partial charge in [-0.25, -0.2) is 4.98 Å². The Labute approximate surface area is 180 Å². The highest BCUT2D eigenvalue weighted by atomic mass is 32.2. The molecular weight excluding hydrogens is 402 g/mol. The average molecular weight is 430 g/mol. The van der Waals surface area contributed by atoms with Crippen LogP contribution in [0.5, 0.6) is 5.75 Å². The zero-order valence-electron chi connectivity index (χ0n) is 17.3. The summed E-state index contributed by atoms with van der Waals surface area (Å²) in [5.41, 5.74) is 2.03. The Morgan fingerprint density at radius 2 is 1.90 bits per heavy atom. The van der Waals surface area contributed by atoms with Gasteiger partial charge in [0.1, 0.15) is 11.3 Å². The van der Waals surface area contributed by atoms with Gasteiger partial charge >= 0.3 is 0 Å². The van der Waals surface area contributed by atoms with E-state index in [2.05, 4.69) is 36.1 Å². The summed E-state index contributed by atoms with van der Waals surface area (Å²) < 4.78 is 6.46. The summed E-state index contributed by atoms with van der Waals surface area (Å²) in [6.45, 7) is 3.63. The van der Waals surface area contributed by atoms with Gasteiger partial charge in [0.05, 0.1) is 17.6 Å². The number of methoxy groups -OCH3 is 1. The molecule has 7 heteroatoms. The average Bonchev–Trinajstić information content (AvgIpc) is 3.14. The summed E-state index contributed by atoms with van der Waals surface area (Å²) in [5.74, 6) is 1.20. The zero-order chi connectivity index (χ0) is 20.8. The van der Waals surface area contributed by atoms with Gasteiger partial charge in [-0.1, -0.05) is 35.1 Å². The maximum Gasteiger partial charge on any atom is 0.239 e. The summed E-state index contributed by atoms with van der Waals surface area (Å²) in [6, 6.07) is 14.1. The molecular formula is C22H27N3O2S2. The molecule has 154 valence electrons. The van der Waals surface area contributed by atoms with E-state index in [9.17, 15) is 4.79 Å². The third-order valence-corrected chi connectivity index (χ3v) is 6.53. The maximum atomic E-state index is 13.1. The van der Waals surface area contributed by atoms with Crippen molar-refractivity contribution < 1.29 is 9.53 Å². The number of nitrogens with zero attached hydrogens (tertiary/aromatic N) is 3. The molecule has 0 fully saturated rings. The number of hydrogen-bond donors (Lipinski definition) is 0. The van der Waals surface area contributed by atoms with Gasteiger partial charge in [0.2, 0.25) is 5.91 Å². The summed E-state index contributed by atoms with van der Waals surface area (Å²) in [6.07, 6.45) is 0.890. The molecule has 1 heterocycles. The highest BCUT2D eigenvalue weighted by molar-refractivity contribution is 8.00. The number of rotatable bonds is 9. The molecule has 29 heavy (non-hydrogen) atoms. The molecule has 0 unspecified atom stereocenters. The number of aryl methyl sites for hydroxylation is 1. The molecule has 0 aliphatic heterocycles. The van der Waals surface area contributed by atoms with Crippen molar-refractivity contribution >= 4 is 44.4 Å². The maximum absolute atomic E-state index is 13.1. The summed E-state index contributed by atoms with van der Waals surface area (Å²) >= 11 is 3.10. The van der Waals surface area contributed by atoms with Gasteiger partial charge in [0.15, 0.2) is 5.13 Å². The minimum Gasteiger partial charge on any atom is -0.494 e. The van der Waals surface area contributed by atoms with Crippen LogP contribution in [-0.2, 0) is 4.79 Å². The van der Waals surface area contributed by atoms with Gasteiger partial charge in [-0.3, -0.25) is 9.69 Å². The van der Waals surface area contributed by atoms with Gasteiger partial charge in [-0.2, -0.15) is 0 Å². The van der Waals surface area contributed by atoms with Crippen LogP contribution in [0.4, 0.5) is 5.13 Å². The van der Waals surface area contributed by atoms with E-state index in [0.717, 1.165) is 39.0 Å². The number of anilines is 1. The zero-order valence-corrected chi connectivity index (χ0v) is 19.0. The van der Waals surface area contributed by atoms with Gasteiger partial charge < -0.3 is 9.64 Å². The van der Waals surface area contributed by atoms with Gasteiger partial charge in [-0.15, -0.1) is 11.8 Å². The van der Waals surface area contributed by atoms with Crippen LogP contribution in [0.2, 0.25) is 0 Å². The first-order valence-electron chi connectivity index (χ1n) is 9.56. The number of thiazole rings is 1. The molecule has 0 spiro atoms. The second-order valence-corrected chi connectivity index (χ2v) is 9.17.